The van der Waals surface area contributed by atoms with Crippen molar-refractivity contribution in [1.82, 2.24) is 0 Å². The van der Waals surface area contributed by atoms with Gasteiger partial charge in [0.1, 0.15) is 11.2 Å². The van der Waals surface area contributed by atoms with Crippen LogP contribution in [0, 0.1) is 0 Å². The highest BCUT2D eigenvalue weighted by atomic mass is 16.3. The van der Waals surface area contributed by atoms with Gasteiger partial charge >= 0.3 is 0 Å². The fourth-order valence-corrected chi connectivity index (χ4v) is 9.79. The Morgan fingerprint density at radius 2 is 0.849 bits per heavy atom. The van der Waals surface area contributed by atoms with Gasteiger partial charge in [-0.2, -0.15) is 0 Å². The van der Waals surface area contributed by atoms with Crippen molar-refractivity contribution >= 4 is 65.0 Å². The largest absolute Gasteiger partial charge is 0.455 e. The van der Waals surface area contributed by atoms with Crippen molar-refractivity contribution in [3.63, 3.8) is 0 Å². The fraction of sp³-hybridized carbons (Fsp3) is 0.115. The Balaban J connectivity index is 1.16. The second-order valence-electron chi connectivity index (χ2n) is 14.9. The molecule has 1 saturated carbocycles. The van der Waals surface area contributed by atoms with Gasteiger partial charge in [-0.15, -0.1) is 0 Å². The van der Waals surface area contributed by atoms with Gasteiger partial charge in [0.15, 0.2) is 0 Å². The summed E-state index contributed by atoms with van der Waals surface area (Å²) in [5.41, 5.74) is 10.8. The quantitative estimate of drug-likeness (QED) is 0.169. The van der Waals surface area contributed by atoms with Crippen molar-refractivity contribution in [1.29, 1.82) is 0 Å². The SMILES string of the molecule is c1ccc(-c2c3ccccc3c(-c3ccc4oc5c(-c6c7ccccc7c(C7CCCCC7)c7ccccc67)cccc5c4c3)c3ccccc23)cc1. The highest BCUT2D eigenvalue weighted by Crippen LogP contribution is 2.49. The molecule has 0 amide bonds. The predicted molar refractivity (Wildman–Crippen MR) is 226 cm³/mol. The van der Waals surface area contributed by atoms with Gasteiger partial charge < -0.3 is 4.42 Å². The molecule has 10 aromatic rings. The Morgan fingerprint density at radius 1 is 0.358 bits per heavy atom. The topological polar surface area (TPSA) is 13.1 Å². The molecule has 1 heterocycles. The molecule has 11 rings (SSSR count). The number of para-hydroxylation sites is 1. The summed E-state index contributed by atoms with van der Waals surface area (Å²) >= 11 is 0. The summed E-state index contributed by atoms with van der Waals surface area (Å²) < 4.78 is 6.93. The molecule has 0 bridgehead atoms. The van der Waals surface area contributed by atoms with E-state index in [1.54, 1.807) is 5.56 Å². The summed E-state index contributed by atoms with van der Waals surface area (Å²) in [5.74, 6) is 0.599. The van der Waals surface area contributed by atoms with Gasteiger partial charge in [-0.25, -0.2) is 0 Å². The van der Waals surface area contributed by atoms with Crippen LogP contribution in [0.1, 0.15) is 43.6 Å². The number of furan rings is 1. The molecule has 252 valence electrons. The van der Waals surface area contributed by atoms with E-state index in [1.165, 1.54) is 103 Å². The lowest BCUT2D eigenvalue weighted by Crippen LogP contribution is -2.06. The lowest BCUT2D eigenvalue weighted by molar-refractivity contribution is 0.447. The van der Waals surface area contributed by atoms with Crippen LogP contribution in [-0.4, -0.2) is 0 Å². The molecule has 53 heavy (non-hydrogen) atoms. The Hall–Kier alpha value is -6.18. The van der Waals surface area contributed by atoms with Crippen LogP contribution >= 0.6 is 0 Å². The van der Waals surface area contributed by atoms with Gasteiger partial charge in [0.05, 0.1) is 0 Å². The standard InChI is InChI=1S/C52H38O/c1-3-16-33(17-4-1)48-36-20-7-9-22-38(36)50(39-23-10-8-21-37(39)48)35-30-31-47-46(32-35)44-28-15-29-45(52(44)53-47)51-42-26-13-11-24-40(42)49(34-18-5-2-6-19-34)41-25-12-14-27-43(41)51/h1,3-4,7-17,20-32,34H,2,5-6,18-19H2. The van der Waals surface area contributed by atoms with Crippen LogP contribution in [0.25, 0.3) is 98.4 Å². The van der Waals surface area contributed by atoms with Crippen LogP contribution in [0.15, 0.2) is 168 Å². The van der Waals surface area contributed by atoms with Crippen molar-refractivity contribution in [2.24, 2.45) is 0 Å². The van der Waals surface area contributed by atoms with Crippen LogP contribution < -0.4 is 0 Å². The van der Waals surface area contributed by atoms with Gasteiger partial charge in [-0.1, -0.05) is 171 Å². The molecule has 1 nitrogen and oxygen atoms in total. The van der Waals surface area contributed by atoms with Crippen molar-refractivity contribution in [3.8, 4) is 33.4 Å². The van der Waals surface area contributed by atoms with Gasteiger partial charge in [-0.3, -0.25) is 0 Å². The maximum absolute atomic E-state index is 6.93. The van der Waals surface area contributed by atoms with Gasteiger partial charge in [0.25, 0.3) is 0 Å². The number of hydrogen-bond donors (Lipinski definition) is 0. The highest BCUT2D eigenvalue weighted by molar-refractivity contribution is 6.23. The summed E-state index contributed by atoms with van der Waals surface area (Å²) in [6.45, 7) is 0. The van der Waals surface area contributed by atoms with E-state index in [4.69, 9.17) is 4.42 Å². The number of fused-ring (bicyclic) bond motifs is 7. The molecule has 0 saturated heterocycles. The lowest BCUT2D eigenvalue weighted by atomic mass is 9.78. The minimum absolute atomic E-state index is 0.599. The zero-order chi connectivity index (χ0) is 34.9. The first kappa shape index (κ1) is 30.4. The van der Waals surface area contributed by atoms with Crippen LogP contribution in [0.2, 0.25) is 0 Å². The monoisotopic (exact) mass is 678 g/mol. The predicted octanol–water partition coefficient (Wildman–Crippen LogP) is 15.2. The van der Waals surface area contributed by atoms with Crippen molar-refractivity contribution < 1.29 is 4.42 Å². The third-order valence-corrected chi connectivity index (χ3v) is 12.0. The average Bonchev–Trinajstić information content (AvgIpc) is 3.61. The summed E-state index contributed by atoms with van der Waals surface area (Å²) in [6.07, 6.45) is 6.53. The highest BCUT2D eigenvalue weighted by Gasteiger charge is 2.25. The number of benzene rings is 9. The molecule has 0 aliphatic heterocycles. The minimum atomic E-state index is 0.599. The van der Waals surface area contributed by atoms with Gasteiger partial charge in [-0.05, 0) is 102 Å². The summed E-state index contributed by atoms with van der Waals surface area (Å²) in [4.78, 5) is 0. The molecule has 0 N–H and O–H groups in total. The van der Waals surface area contributed by atoms with Crippen LogP contribution in [0.4, 0.5) is 0 Å². The normalized spacial score (nSPS) is 14.0. The zero-order valence-electron chi connectivity index (χ0n) is 29.6. The van der Waals surface area contributed by atoms with E-state index in [2.05, 4.69) is 164 Å². The summed E-state index contributed by atoms with van der Waals surface area (Å²) in [6, 6.07) is 60.4. The molecule has 0 atom stereocenters. The maximum atomic E-state index is 6.93. The summed E-state index contributed by atoms with van der Waals surface area (Å²) in [5, 5.41) is 12.8. The van der Waals surface area contributed by atoms with Crippen molar-refractivity contribution in [2.75, 3.05) is 0 Å². The first-order valence-electron chi connectivity index (χ1n) is 19.2. The fourth-order valence-electron chi connectivity index (χ4n) is 9.79. The summed E-state index contributed by atoms with van der Waals surface area (Å²) in [7, 11) is 0. The molecule has 1 aliphatic carbocycles. The minimum Gasteiger partial charge on any atom is -0.455 e. The van der Waals surface area contributed by atoms with E-state index < -0.39 is 0 Å². The second-order valence-corrected chi connectivity index (χ2v) is 14.9. The molecule has 0 radical (unpaired) electrons. The van der Waals surface area contributed by atoms with E-state index >= 15 is 0 Å². The molecule has 1 aliphatic rings. The van der Waals surface area contributed by atoms with E-state index in [0.717, 1.165) is 27.5 Å². The van der Waals surface area contributed by atoms with E-state index in [1.807, 2.05) is 0 Å². The molecular weight excluding hydrogens is 641 g/mol. The maximum Gasteiger partial charge on any atom is 0.143 e. The van der Waals surface area contributed by atoms with Crippen molar-refractivity contribution in [3.05, 3.63) is 169 Å². The van der Waals surface area contributed by atoms with Gasteiger partial charge in [0.2, 0.25) is 0 Å². The first-order valence-corrected chi connectivity index (χ1v) is 19.2. The van der Waals surface area contributed by atoms with Gasteiger partial charge in [0, 0.05) is 21.9 Å². The Morgan fingerprint density at radius 3 is 1.43 bits per heavy atom. The molecule has 1 heteroatoms. The lowest BCUT2D eigenvalue weighted by Gasteiger charge is -2.26. The van der Waals surface area contributed by atoms with E-state index in [-0.39, 0.29) is 0 Å². The average molecular weight is 679 g/mol. The van der Waals surface area contributed by atoms with E-state index in [0.29, 0.717) is 5.92 Å². The molecule has 1 fully saturated rings. The second kappa shape index (κ2) is 12.2. The number of hydrogen-bond acceptors (Lipinski definition) is 1. The van der Waals surface area contributed by atoms with Crippen molar-refractivity contribution in [2.45, 2.75) is 38.0 Å². The third-order valence-electron chi connectivity index (χ3n) is 12.0. The molecule has 0 spiro atoms. The molecule has 0 unspecified atom stereocenters. The molecule has 9 aromatic carbocycles. The Bertz CT molecular complexity index is 2920. The van der Waals surface area contributed by atoms with Crippen LogP contribution in [0.5, 0.6) is 0 Å². The molecular formula is C52H38O. The van der Waals surface area contributed by atoms with E-state index in [9.17, 15) is 0 Å². The number of rotatable bonds is 4. The smallest absolute Gasteiger partial charge is 0.143 e. The Kier molecular flexibility index (Phi) is 7.01. The van der Waals surface area contributed by atoms with Crippen LogP contribution in [-0.2, 0) is 0 Å². The molecule has 1 aromatic heterocycles. The third kappa shape index (κ3) is 4.70. The Labute approximate surface area is 309 Å². The zero-order valence-corrected chi connectivity index (χ0v) is 29.6. The van der Waals surface area contributed by atoms with Crippen LogP contribution in [0.3, 0.4) is 0 Å². The first-order chi connectivity index (χ1) is 26.3.